The molecule has 1 atom stereocenters. The monoisotopic (exact) mass is 398 g/mol. The molecule has 1 N–H and O–H groups in total. The number of aliphatic hydroxyl groups is 1. The van der Waals surface area contributed by atoms with Crippen LogP contribution in [0.3, 0.4) is 0 Å². The molecule has 0 bridgehead atoms. The van der Waals surface area contributed by atoms with Gasteiger partial charge in [-0.05, 0) is 37.6 Å². The summed E-state index contributed by atoms with van der Waals surface area (Å²) < 4.78 is 6.91. The Morgan fingerprint density at radius 2 is 2.12 bits per heavy atom. The molecule has 25 heavy (non-hydrogen) atoms. The van der Waals surface area contributed by atoms with E-state index >= 15 is 0 Å². The van der Waals surface area contributed by atoms with Crippen LogP contribution in [0.5, 0.6) is 5.75 Å². The van der Waals surface area contributed by atoms with Gasteiger partial charge >= 0.3 is 0 Å². The Morgan fingerprint density at radius 1 is 1.36 bits per heavy atom. The lowest BCUT2D eigenvalue weighted by Gasteiger charge is -2.14. The molecule has 3 aromatic rings. The topological polar surface area (TPSA) is 64.3 Å². The van der Waals surface area contributed by atoms with E-state index in [4.69, 9.17) is 27.9 Å². The average molecular weight is 399 g/mol. The van der Waals surface area contributed by atoms with E-state index in [1.165, 1.54) is 22.2 Å². The van der Waals surface area contributed by atoms with Gasteiger partial charge in [0, 0.05) is 9.90 Å². The third kappa shape index (κ3) is 3.82. The largest absolute Gasteiger partial charge is 0.489 e. The minimum atomic E-state index is -0.885. The summed E-state index contributed by atoms with van der Waals surface area (Å²) in [7, 11) is 0. The molecule has 2 heterocycles. The molecular weight excluding hydrogens is 383 g/mol. The van der Waals surface area contributed by atoms with Crippen molar-refractivity contribution in [2.45, 2.75) is 26.5 Å². The highest BCUT2D eigenvalue weighted by atomic mass is 35.5. The molecule has 2 aromatic heterocycles. The SMILES string of the molecule is Cc1sc2ncn(C[C@@H](O)COc3ccc(Cl)cc3Cl)c(=O)c2c1C. The molecule has 0 fully saturated rings. The molecule has 1 aromatic carbocycles. The molecule has 0 spiro atoms. The van der Waals surface area contributed by atoms with E-state index in [9.17, 15) is 9.90 Å². The number of fused-ring (bicyclic) bond motifs is 1. The van der Waals surface area contributed by atoms with Crippen molar-refractivity contribution >= 4 is 44.8 Å². The van der Waals surface area contributed by atoms with E-state index in [2.05, 4.69) is 4.98 Å². The second-order valence-electron chi connectivity index (χ2n) is 5.71. The van der Waals surface area contributed by atoms with Crippen LogP contribution in [-0.2, 0) is 6.54 Å². The lowest BCUT2D eigenvalue weighted by Crippen LogP contribution is -2.30. The third-order valence-electron chi connectivity index (χ3n) is 3.89. The molecule has 5 nitrogen and oxygen atoms in total. The standard InChI is InChI=1S/C17H16Cl2N2O3S/c1-9-10(2)25-16-15(9)17(23)21(8-20-16)6-12(22)7-24-14-4-3-11(18)5-13(14)19/h3-5,8,12,22H,6-7H2,1-2H3/t12-/m1/s1. The first-order valence-corrected chi connectivity index (χ1v) is 9.15. The number of ether oxygens (including phenoxy) is 1. The van der Waals surface area contributed by atoms with Gasteiger partial charge in [-0.15, -0.1) is 11.3 Å². The van der Waals surface area contributed by atoms with E-state index in [1.54, 1.807) is 18.2 Å². The van der Waals surface area contributed by atoms with Crippen LogP contribution < -0.4 is 10.3 Å². The van der Waals surface area contributed by atoms with Gasteiger partial charge < -0.3 is 9.84 Å². The molecule has 0 aliphatic rings. The lowest BCUT2D eigenvalue weighted by atomic mass is 10.2. The van der Waals surface area contributed by atoms with Gasteiger partial charge in [0.25, 0.3) is 5.56 Å². The molecule has 3 rings (SSSR count). The highest BCUT2D eigenvalue weighted by Crippen LogP contribution is 2.28. The van der Waals surface area contributed by atoms with Crippen LogP contribution in [-0.4, -0.2) is 27.4 Å². The van der Waals surface area contributed by atoms with Gasteiger partial charge in [-0.3, -0.25) is 9.36 Å². The van der Waals surface area contributed by atoms with Crippen molar-refractivity contribution in [3.63, 3.8) is 0 Å². The predicted octanol–water partition coefficient (Wildman–Crippen LogP) is 3.82. The van der Waals surface area contributed by atoms with Crippen LogP contribution in [0.4, 0.5) is 0 Å². The quantitative estimate of drug-likeness (QED) is 0.709. The van der Waals surface area contributed by atoms with Crippen molar-refractivity contribution in [3.8, 4) is 5.75 Å². The summed E-state index contributed by atoms with van der Waals surface area (Å²) in [5.74, 6) is 0.426. The predicted molar refractivity (Wildman–Crippen MR) is 101 cm³/mol. The first-order valence-electron chi connectivity index (χ1n) is 7.58. The molecule has 0 saturated heterocycles. The number of aliphatic hydroxyl groups excluding tert-OH is 1. The molecule has 132 valence electrons. The number of benzene rings is 1. The fraction of sp³-hybridized carbons (Fsp3) is 0.294. The zero-order chi connectivity index (χ0) is 18.1. The number of aromatic nitrogens is 2. The zero-order valence-electron chi connectivity index (χ0n) is 13.6. The van der Waals surface area contributed by atoms with Crippen LogP contribution in [0.1, 0.15) is 10.4 Å². The molecular formula is C17H16Cl2N2O3S. The Labute approximate surface area is 158 Å². The second kappa shape index (κ2) is 7.33. The zero-order valence-corrected chi connectivity index (χ0v) is 16.0. The van der Waals surface area contributed by atoms with Crippen molar-refractivity contribution in [3.05, 3.63) is 55.4 Å². The summed E-state index contributed by atoms with van der Waals surface area (Å²) >= 11 is 13.4. The Bertz CT molecular complexity index is 984. The molecule has 8 heteroatoms. The maximum atomic E-state index is 12.6. The van der Waals surface area contributed by atoms with Crippen LogP contribution in [0.15, 0.2) is 29.3 Å². The summed E-state index contributed by atoms with van der Waals surface area (Å²) in [5.41, 5.74) is 0.779. The number of aryl methyl sites for hydroxylation is 2. The number of thiophene rings is 1. The maximum absolute atomic E-state index is 12.6. The van der Waals surface area contributed by atoms with Crippen LogP contribution in [0.25, 0.3) is 10.2 Å². The second-order valence-corrected chi connectivity index (χ2v) is 7.75. The van der Waals surface area contributed by atoms with Gasteiger partial charge in [0.1, 0.15) is 23.3 Å². The van der Waals surface area contributed by atoms with Gasteiger partial charge in [0.05, 0.1) is 23.3 Å². The van der Waals surface area contributed by atoms with Gasteiger partial charge in [-0.25, -0.2) is 4.98 Å². The summed E-state index contributed by atoms with van der Waals surface area (Å²) in [6.07, 6.45) is 0.571. The van der Waals surface area contributed by atoms with Gasteiger partial charge in [0.15, 0.2) is 0 Å². The highest BCUT2D eigenvalue weighted by molar-refractivity contribution is 7.18. The van der Waals surface area contributed by atoms with E-state index in [1.807, 2.05) is 13.8 Å². The Morgan fingerprint density at radius 3 is 2.84 bits per heavy atom. The van der Waals surface area contributed by atoms with Crippen LogP contribution in [0, 0.1) is 13.8 Å². The van der Waals surface area contributed by atoms with E-state index < -0.39 is 6.10 Å². The van der Waals surface area contributed by atoms with Crippen molar-refractivity contribution in [2.75, 3.05) is 6.61 Å². The summed E-state index contributed by atoms with van der Waals surface area (Å²) in [4.78, 5) is 18.7. The fourth-order valence-electron chi connectivity index (χ4n) is 2.46. The third-order valence-corrected chi connectivity index (χ3v) is 5.53. The van der Waals surface area contributed by atoms with Gasteiger partial charge in [-0.2, -0.15) is 0 Å². The number of halogens is 2. The normalized spacial score (nSPS) is 12.5. The maximum Gasteiger partial charge on any atom is 0.262 e. The molecule has 0 radical (unpaired) electrons. The van der Waals surface area contributed by atoms with Crippen molar-refractivity contribution in [2.24, 2.45) is 0 Å². The Kier molecular flexibility index (Phi) is 5.34. The number of rotatable bonds is 5. The molecule has 0 aliphatic carbocycles. The van der Waals surface area contributed by atoms with Crippen molar-refractivity contribution in [1.29, 1.82) is 0 Å². The van der Waals surface area contributed by atoms with Crippen LogP contribution >= 0.6 is 34.5 Å². The fourth-order valence-corrected chi connectivity index (χ4v) is 3.91. The van der Waals surface area contributed by atoms with E-state index in [0.29, 0.717) is 21.2 Å². The molecule has 0 saturated carbocycles. The first-order chi connectivity index (χ1) is 11.9. The van der Waals surface area contributed by atoms with Gasteiger partial charge in [0.2, 0.25) is 0 Å². The number of hydrogen-bond acceptors (Lipinski definition) is 5. The molecule has 0 unspecified atom stereocenters. The first kappa shape index (κ1) is 18.2. The summed E-state index contributed by atoms with van der Waals surface area (Å²) in [6, 6.07) is 4.85. The number of hydrogen-bond donors (Lipinski definition) is 1. The van der Waals surface area contributed by atoms with E-state index in [-0.39, 0.29) is 18.7 Å². The molecule has 0 amide bonds. The lowest BCUT2D eigenvalue weighted by molar-refractivity contribution is 0.0915. The van der Waals surface area contributed by atoms with Gasteiger partial charge in [-0.1, -0.05) is 23.2 Å². The van der Waals surface area contributed by atoms with E-state index in [0.717, 1.165) is 15.3 Å². The number of nitrogens with zero attached hydrogens (tertiary/aromatic N) is 2. The minimum absolute atomic E-state index is 0.00647. The average Bonchev–Trinajstić information content (AvgIpc) is 2.85. The summed E-state index contributed by atoms with van der Waals surface area (Å²) in [6.45, 7) is 3.95. The highest BCUT2D eigenvalue weighted by Gasteiger charge is 2.15. The van der Waals surface area contributed by atoms with Crippen LogP contribution in [0.2, 0.25) is 10.0 Å². The Balaban J connectivity index is 1.73. The minimum Gasteiger partial charge on any atom is -0.489 e. The van der Waals surface area contributed by atoms with Crippen molar-refractivity contribution < 1.29 is 9.84 Å². The smallest absolute Gasteiger partial charge is 0.262 e. The Hall–Kier alpha value is -1.60. The molecule has 0 aliphatic heterocycles. The summed E-state index contributed by atoms with van der Waals surface area (Å²) in [5, 5.41) is 11.7. The van der Waals surface area contributed by atoms with Crippen molar-refractivity contribution in [1.82, 2.24) is 9.55 Å².